The van der Waals surface area contributed by atoms with Crippen LogP contribution in [-0.4, -0.2) is 23.9 Å². The number of halogens is 2. The van der Waals surface area contributed by atoms with Gasteiger partial charge in [0.2, 0.25) is 0 Å². The van der Waals surface area contributed by atoms with Crippen LogP contribution in [0.25, 0.3) is 0 Å². The quantitative estimate of drug-likeness (QED) is 0.892. The molecule has 0 saturated heterocycles. The van der Waals surface area contributed by atoms with Crippen LogP contribution < -0.4 is 0 Å². The summed E-state index contributed by atoms with van der Waals surface area (Å²) < 4.78 is 5.52. The fourth-order valence-electron chi connectivity index (χ4n) is 2.51. The van der Waals surface area contributed by atoms with Gasteiger partial charge in [-0.1, -0.05) is 29.3 Å². The van der Waals surface area contributed by atoms with Crippen molar-refractivity contribution in [1.29, 1.82) is 0 Å². The highest BCUT2D eigenvalue weighted by Crippen LogP contribution is 2.39. The Hall–Kier alpha value is -0.280. The molecule has 100 valence electrons. The summed E-state index contributed by atoms with van der Waals surface area (Å²) in [5.41, 5.74) is 0.817. The standard InChI is InChI=1S/C14H18Cl2O2/c1-18-14(5-2-6-14)9-12(17)7-10-3-4-11(15)8-13(10)16/h3-4,8,12,17H,2,5-7,9H2,1H3. The van der Waals surface area contributed by atoms with Crippen LogP contribution in [0.15, 0.2) is 18.2 Å². The molecule has 1 aromatic rings. The van der Waals surface area contributed by atoms with Gasteiger partial charge in [0.1, 0.15) is 0 Å². The number of methoxy groups -OCH3 is 1. The largest absolute Gasteiger partial charge is 0.393 e. The molecule has 0 spiro atoms. The number of benzene rings is 1. The molecule has 1 aliphatic rings. The molecule has 0 radical (unpaired) electrons. The van der Waals surface area contributed by atoms with Gasteiger partial charge in [-0.05, 0) is 43.4 Å². The van der Waals surface area contributed by atoms with E-state index in [0.29, 0.717) is 22.9 Å². The van der Waals surface area contributed by atoms with Crippen molar-refractivity contribution in [3.63, 3.8) is 0 Å². The first-order valence-corrected chi connectivity index (χ1v) is 6.97. The van der Waals surface area contributed by atoms with E-state index in [9.17, 15) is 5.11 Å². The molecule has 0 aliphatic heterocycles. The van der Waals surface area contributed by atoms with Crippen molar-refractivity contribution in [3.8, 4) is 0 Å². The van der Waals surface area contributed by atoms with Crippen LogP contribution in [0.2, 0.25) is 10.0 Å². The molecule has 1 aromatic carbocycles. The molecule has 0 bridgehead atoms. The van der Waals surface area contributed by atoms with Crippen LogP contribution in [0.5, 0.6) is 0 Å². The molecule has 4 heteroatoms. The number of ether oxygens (including phenoxy) is 1. The Kier molecular flexibility index (Phi) is 4.54. The number of aliphatic hydroxyl groups is 1. The average molecular weight is 289 g/mol. The highest BCUT2D eigenvalue weighted by molar-refractivity contribution is 6.35. The maximum atomic E-state index is 10.2. The Morgan fingerprint density at radius 1 is 1.39 bits per heavy atom. The molecule has 0 heterocycles. The van der Waals surface area contributed by atoms with Crippen molar-refractivity contribution < 1.29 is 9.84 Å². The molecule has 1 fully saturated rings. The summed E-state index contributed by atoms with van der Waals surface area (Å²) in [4.78, 5) is 0. The van der Waals surface area contributed by atoms with E-state index < -0.39 is 6.10 Å². The summed E-state index contributed by atoms with van der Waals surface area (Å²) in [7, 11) is 1.72. The van der Waals surface area contributed by atoms with Crippen LogP contribution in [0, 0.1) is 0 Å². The third kappa shape index (κ3) is 3.18. The van der Waals surface area contributed by atoms with Gasteiger partial charge in [-0.25, -0.2) is 0 Å². The van der Waals surface area contributed by atoms with Gasteiger partial charge in [-0.15, -0.1) is 0 Å². The van der Waals surface area contributed by atoms with Crippen LogP contribution in [0.1, 0.15) is 31.2 Å². The van der Waals surface area contributed by atoms with Crippen LogP contribution >= 0.6 is 23.2 Å². The average Bonchev–Trinajstić information content (AvgIpc) is 2.27. The van der Waals surface area contributed by atoms with E-state index in [2.05, 4.69) is 0 Å². The van der Waals surface area contributed by atoms with E-state index in [1.54, 1.807) is 19.2 Å². The van der Waals surface area contributed by atoms with E-state index >= 15 is 0 Å². The number of hydrogen-bond donors (Lipinski definition) is 1. The second-order valence-corrected chi connectivity index (χ2v) is 5.88. The summed E-state index contributed by atoms with van der Waals surface area (Å²) in [5, 5.41) is 11.4. The lowest BCUT2D eigenvalue weighted by molar-refractivity contribution is -0.0989. The van der Waals surface area contributed by atoms with Gasteiger partial charge in [0, 0.05) is 23.6 Å². The maximum absolute atomic E-state index is 10.2. The smallest absolute Gasteiger partial charge is 0.0703 e. The Labute approximate surface area is 118 Å². The Bertz CT molecular complexity index is 411. The lowest BCUT2D eigenvalue weighted by Gasteiger charge is -2.41. The van der Waals surface area contributed by atoms with Crippen molar-refractivity contribution >= 4 is 23.2 Å². The lowest BCUT2D eigenvalue weighted by Crippen LogP contribution is -2.42. The highest BCUT2D eigenvalue weighted by atomic mass is 35.5. The molecular weight excluding hydrogens is 271 g/mol. The van der Waals surface area contributed by atoms with Crippen LogP contribution in [-0.2, 0) is 11.2 Å². The van der Waals surface area contributed by atoms with Crippen molar-refractivity contribution in [1.82, 2.24) is 0 Å². The van der Waals surface area contributed by atoms with Gasteiger partial charge in [0.15, 0.2) is 0 Å². The molecule has 1 aliphatic carbocycles. The molecule has 1 atom stereocenters. The summed E-state index contributed by atoms with van der Waals surface area (Å²) in [5.74, 6) is 0. The van der Waals surface area contributed by atoms with E-state index in [1.165, 1.54) is 6.42 Å². The number of aliphatic hydroxyl groups excluding tert-OH is 1. The summed E-state index contributed by atoms with van der Waals surface area (Å²) >= 11 is 11.9. The van der Waals surface area contributed by atoms with Crippen LogP contribution in [0.4, 0.5) is 0 Å². The second kappa shape index (κ2) is 5.79. The molecule has 1 saturated carbocycles. The second-order valence-electron chi connectivity index (χ2n) is 5.04. The SMILES string of the molecule is COC1(CC(O)Cc2ccc(Cl)cc2Cl)CCC1. The first-order valence-electron chi connectivity index (χ1n) is 6.22. The Balaban J connectivity index is 1.96. The first kappa shape index (κ1) is 14.1. The van der Waals surface area contributed by atoms with Crippen molar-refractivity contribution in [2.75, 3.05) is 7.11 Å². The third-order valence-electron chi connectivity index (χ3n) is 3.78. The van der Waals surface area contributed by atoms with E-state index in [0.717, 1.165) is 18.4 Å². The van der Waals surface area contributed by atoms with Gasteiger partial charge in [-0.3, -0.25) is 0 Å². The predicted octanol–water partition coefficient (Wildman–Crippen LogP) is 3.86. The van der Waals surface area contributed by atoms with Crippen molar-refractivity contribution in [2.45, 2.75) is 43.8 Å². The van der Waals surface area contributed by atoms with Crippen LogP contribution in [0.3, 0.4) is 0 Å². The monoisotopic (exact) mass is 288 g/mol. The fraction of sp³-hybridized carbons (Fsp3) is 0.571. The molecule has 2 nitrogen and oxygen atoms in total. The minimum Gasteiger partial charge on any atom is -0.393 e. The maximum Gasteiger partial charge on any atom is 0.0703 e. The molecule has 0 aromatic heterocycles. The zero-order valence-electron chi connectivity index (χ0n) is 10.5. The third-order valence-corrected chi connectivity index (χ3v) is 4.36. The highest BCUT2D eigenvalue weighted by Gasteiger charge is 2.38. The van der Waals surface area contributed by atoms with E-state index in [-0.39, 0.29) is 5.60 Å². The zero-order chi connectivity index (χ0) is 13.2. The molecule has 0 amide bonds. The summed E-state index contributed by atoms with van der Waals surface area (Å²) in [6.07, 6.45) is 4.04. The topological polar surface area (TPSA) is 29.5 Å². The van der Waals surface area contributed by atoms with Gasteiger partial charge in [-0.2, -0.15) is 0 Å². The molecule has 18 heavy (non-hydrogen) atoms. The minimum absolute atomic E-state index is 0.113. The predicted molar refractivity (Wildman–Crippen MR) is 74.4 cm³/mol. The van der Waals surface area contributed by atoms with E-state index in [1.807, 2.05) is 6.07 Å². The van der Waals surface area contributed by atoms with Gasteiger partial charge in [0.25, 0.3) is 0 Å². The molecular formula is C14H18Cl2O2. The summed E-state index contributed by atoms with van der Waals surface area (Å²) in [6, 6.07) is 5.37. The Morgan fingerprint density at radius 3 is 2.61 bits per heavy atom. The fourth-order valence-corrected chi connectivity index (χ4v) is 2.99. The molecule has 1 unspecified atom stereocenters. The minimum atomic E-state index is -0.427. The number of rotatable bonds is 5. The Morgan fingerprint density at radius 2 is 2.11 bits per heavy atom. The first-order chi connectivity index (χ1) is 8.54. The normalized spacial score (nSPS) is 19.3. The van der Waals surface area contributed by atoms with Gasteiger partial charge in [0.05, 0.1) is 11.7 Å². The van der Waals surface area contributed by atoms with E-state index in [4.69, 9.17) is 27.9 Å². The number of hydrogen-bond acceptors (Lipinski definition) is 2. The van der Waals surface area contributed by atoms with Crippen molar-refractivity contribution in [3.05, 3.63) is 33.8 Å². The van der Waals surface area contributed by atoms with Gasteiger partial charge >= 0.3 is 0 Å². The lowest BCUT2D eigenvalue weighted by atomic mass is 9.75. The molecule has 2 rings (SSSR count). The van der Waals surface area contributed by atoms with Gasteiger partial charge < -0.3 is 9.84 Å². The zero-order valence-corrected chi connectivity index (χ0v) is 12.0. The molecule has 1 N–H and O–H groups in total. The summed E-state index contributed by atoms with van der Waals surface area (Å²) in [6.45, 7) is 0. The van der Waals surface area contributed by atoms with Crippen molar-refractivity contribution in [2.24, 2.45) is 0 Å².